The van der Waals surface area contributed by atoms with Crippen LogP contribution in [-0.4, -0.2) is 30.4 Å². The van der Waals surface area contributed by atoms with Gasteiger partial charge in [0.25, 0.3) is 5.76 Å². The molecule has 188 valence electrons. The molecule has 4 aromatic rings. The molecule has 1 aliphatic rings. The molecule has 2 unspecified atom stereocenters. The van der Waals surface area contributed by atoms with Crippen molar-refractivity contribution in [1.82, 2.24) is 0 Å². The minimum absolute atomic E-state index is 0.0550. The summed E-state index contributed by atoms with van der Waals surface area (Å²) in [7, 11) is 0. The number of quaternary nitrogens is 1. The molecule has 1 aromatic heterocycles. The van der Waals surface area contributed by atoms with E-state index < -0.39 is 23.1 Å². The summed E-state index contributed by atoms with van der Waals surface area (Å²) in [5, 5.41) is 12.1. The van der Waals surface area contributed by atoms with Crippen LogP contribution in [0.15, 0.2) is 63.8 Å². The second kappa shape index (κ2) is 9.15. The molecule has 2 heterocycles. The molecule has 0 bridgehead atoms. The third kappa shape index (κ3) is 4.64. The van der Waals surface area contributed by atoms with E-state index in [1.54, 1.807) is 24.3 Å². The largest absolute Gasteiger partial charge is 0.507 e. The molecule has 1 fully saturated rings. The molecule has 0 spiro atoms. The quantitative estimate of drug-likeness (QED) is 0.427. The van der Waals surface area contributed by atoms with Crippen molar-refractivity contribution in [2.24, 2.45) is 0 Å². The molecular formula is C27H25F3NO5+. The van der Waals surface area contributed by atoms with Gasteiger partial charge < -0.3 is 23.9 Å². The lowest BCUT2D eigenvalue weighted by Crippen LogP contribution is -3.14. The second-order valence-electron chi connectivity index (χ2n) is 9.23. The van der Waals surface area contributed by atoms with E-state index in [9.17, 15) is 23.1 Å². The van der Waals surface area contributed by atoms with Crippen LogP contribution in [0.3, 0.4) is 0 Å². The van der Waals surface area contributed by atoms with E-state index in [-0.39, 0.29) is 46.8 Å². The predicted molar refractivity (Wildman–Crippen MR) is 128 cm³/mol. The van der Waals surface area contributed by atoms with Gasteiger partial charge in [-0.05, 0) is 48.9 Å². The molecule has 2 atom stereocenters. The number of fused-ring (bicyclic) bond motifs is 2. The van der Waals surface area contributed by atoms with Gasteiger partial charge in [-0.1, -0.05) is 30.3 Å². The maximum absolute atomic E-state index is 14.1. The molecule has 9 heteroatoms. The van der Waals surface area contributed by atoms with Crippen LogP contribution >= 0.6 is 0 Å². The van der Waals surface area contributed by atoms with E-state index in [1.165, 1.54) is 18.2 Å². The molecule has 6 nitrogen and oxygen atoms in total. The first kappa shape index (κ1) is 24.1. The zero-order valence-corrected chi connectivity index (χ0v) is 19.7. The number of benzene rings is 3. The van der Waals surface area contributed by atoms with Crippen LogP contribution in [-0.2, 0) is 17.5 Å². The Morgan fingerprint density at radius 2 is 1.72 bits per heavy atom. The van der Waals surface area contributed by atoms with Gasteiger partial charge in [0.1, 0.15) is 43.3 Å². The van der Waals surface area contributed by atoms with Crippen molar-refractivity contribution in [1.29, 1.82) is 0 Å². The number of phenolic OH excluding ortho intramolecular Hbond substituents is 1. The topological polar surface area (TPSA) is 73.3 Å². The molecular weight excluding hydrogens is 475 g/mol. The maximum atomic E-state index is 14.1. The number of ether oxygens (including phenoxy) is 2. The number of rotatable bonds is 4. The number of morpholine rings is 1. The number of alkyl halides is 3. The van der Waals surface area contributed by atoms with Gasteiger partial charge in [-0.15, -0.1) is 0 Å². The van der Waals surface area contributed by atoms with Crippen molar-refractivity contribution in [2.45, 2.75) is 38.8 Å². The van der Waals surface area contributed by atoms with Gasteiger partial charge in [0.2, 0.25) is 11.2 Å². The van der Waals surface area contributed by atoms with Crippen molar-refractivity contribution >= 4 is 21.7 Å². The van der Waals surface area contributed by atoms with E-state index in [0.717, 1.165) is 15.7 Å². The van der Waals surface area contributed by atoms with E-state index >= 15 is 0 Å². The fraction of sp³-hybridized carbons (Fsp3) is 0.296. The molecule has 0 saturated carbocycles. The molecule has 5 rings (SSSR count). The highest BCUT2D eigenvalue weighted by molar-refractivity contribution is 5.85. The van der Waals surface area contributed by atoms with Crippen LogP contribution < -0.4 is 15.1 Å². The van der Waals surface area contributed by atoms with Gasteiger partial charge in [-0.2, -0.15) is 13.2 Å². The van der Waals surface area contributed by atoms with Gasteiger partial charge in [0.05, 0.1) is 10.9 Å². The van der Waals surface area contributed by atoms with Crippen molar-refractivity contribution in [3.8, 4) is 17.2 Å². The zero-order chi connectivity index (χ0) is 25.6. The smallest absolute Gasteiger partial charge is 0.453 e. The Hall–Kier alpha value is -3.56. The van der Waals surface area contributed by atoms with Crippen molar-refractivity contribution in [3.63, 3.8) is 0 Å². The summed E-state index contributed by atoms with van der Waals surface area (Å²) in [6.45, 7) is 5.19. The fourth-order valence-electron chi connectivity index (χ4n) is 4.87. The lowest BCUT2D eigenvalue weighted by atomic mass is 10.1. The Morgan fingerprint density at radius 3 is 2.42 bits per heavy atom. The molecule has 3 aromatic carbocycles. The first-order chi connectivity index (χ1) is 17.1. The Bertz CT molecular complexity index is 1490. The predicted octanol–water partition coefficient (Wildman–Crippen LogP) is 4.66. The summed E-state index contributed by atoms with van der Waals surface area (Å²) >= 11 is 0. The summed E-state index contributed by atoms with van der Waals surface area (Å²) in [4.78, 5) is 14.3. The second-order valence-corrected chi connectivity index (χ2v) is 9.23. The van der Waals surface area contributed by atoms with Crippen LogP contribution in [0.5, 0.6) is 17.2 Å². The number of nitrogens with one attached hydrogen (secondary N) is 1. The first-order valence-electron chi connectivity index (χ1n) is 11.6. The normalized spacial score (nSPS) is 20.6. The summed E-state index contributed by atoms with van der Waals surface area (Å²) in [5.41, 5.74) is -1.11. The van der Waals surface area contributed by atoms with Crippen molar-refractivity contribution in [2.75, 3.05) is 13.1 Å². The summed E-state index contributed by atoms with van der Waals surface area (Å²) in [5.74, 6) is -2.64. The van der Waals surface area contributed by atoms with E-state index in [1.807, 2.05) is 26.0 Å². The highest BCUT2D eigenvalue weighted by atomic mass is 19.4. The van der Waals surface area contributed by atoms with Gasteiger partial charge in [0.15, 0.2) is 5.58 Å². The molecule has 1 aliphatic heterocycles. The maximum Gasteiger partial charge on any atom is 0.453 e. The molecule has 0 aliphatic carbocycles. The Kier molecular flexibility index (Phi) is 6.13. The third-order valence-corrected chi connectivity index (χ3v) is 6.34. The van der Waals surface area contributed by atoms with Crippen LogP contribution in [0.1, 0.15) is 25.2 Å². The molecule has 0 radical (unpaired) electrons. The van der Waals surface area contributed by atoms with E-state index in [0.29, 0.717) is 13.1 Å². The lowest BCUT2D eigenvalue weighted by Gasteiger charge is -2.32. The van der Waals surface area contributed by atoms with Gasteiger partial charge in [-0.25, -0.2) is 0 Å². The minimum Gasteiger partial charge on any atom is -0.507 e. The summed E-state index contributed by atoms with van der Waals surface area (Å²) in [6, 6.07) is 14.6. The highest BCUT2D eigenvalue weighted by Crippen LogP contribution is 2.40. The average molecular weight is 500 g/mol. The fourth-order valence-corrected chi connectivity index (χ4v) is 4.87. The number of phenols is 1. The first-order valence-corrected chi connectivity index (χ1v) is 11.6. The number of hydrogen-bond donors (Lipinski definition) is 2. The summed E-state index contributed by atoms with van der Waals surface area (Å²) in [6.07, 6.45) is -5.11. The third-order valence-electron chi connectivity index (χ3n) is 6.34. The number of hydrogen-bond acceptors (Lipinski definition) is 5. The molecule has 36 heavy (non-hydrogen) atoms. The number of aromatic hydroxyl groups is 1. The van der Waals surface area contributed by atoms with Gasteiger partial charge in [0, 0.05) is 0 Å². The minimum atomic E-state index is -5.00. The van der Waals surface area contributed by atoms with E-state index in [2.05, 4.69) is 0 Å². The average Bonchev–Trinajstić information content (AvgIpc) is 2.81. The zero-order valence-electron chi connectivity index (χ0n) is 19.7. The van der Waals surface area contributed by atoms with Crippen LogP contribution in [0.25, 0.3) is 21.7 Å². The Balaban J connectivity index is 1.62. The van der Waals surface area contributed by atoms with Crippen molar-refractivity contribution in [3.05, 3.63) is 76.1 Å². The van der Waals surface area contributed by atoms with Gasteiger partial charge in [-0.3, -0.25) is 4.79 Å². The lowest BCUT2D eigenvalue weighted by molar-refractivity contribution is -0.928. The standard InChI is InChI=1S/C27H24F3NO5/c1-15-12-31(13-16(2)34-15)14-21-22(32)10-9-20-23(33)25(26(27(28,29)30)36-24(20)21)35-19-8-7-17-5-3-4-6-18(17)11-19/h3-11,15-16,32H,12-14H2,1-2H3/p+1. The van der Waals surface area contributed by atoms with Crippen LogP contribution in [0.4, 0.5) is 13.2 Å². The SMILES string of the molecule is CC1C[NH+](Cc2c(O)ccc3c(=O)c(Oc4ccc5ccccc5c4)c(C(F)(F)F)oc23)CC(C)O1. The highest BCUT2D eigenvalue weighted by Gasteiger charge is 2.41. The van der Waals surface area contributed by atoms with Crippen LogP contribution in [0.2, 0.25) is 0 Å². The Labute approximate surface area is 204 Å². The van der Waals surface area contributed by atoms with Crippen LogP contribution in [0, 0.1) is 0 Å². The van der Waals surface area contributed by atoms with E-state index in [4.69, 9.17) is 13.9 Å². The molecule has 2 N–H and O–H groups in total. The Morgan fingerprint density at radius 1 is 1.03 bits per heavy atom. The monoisotopic (exact) mass is 500 g/mol. The molecule has 0 amide bonds. The van der Waals surface area contributed by atoms with Gasteiger partial charge >= 0.3 is 6.18 Å². The molecule has 1 saturated heterocycles. The van der Waals surface area contributed by atoms with Crippen molar-refractivity contribution < 1.29 is 37.1 Å². The number of halogens is 3. The summed E-state index contributed by atoms with van der Waals surface area (Å²) < 4.78 is 58.9.